The molecule has 108 valence electrons. The van der Waals surface area contributed by atoms with Crippen LogP contribution in [-0.2, 0) is 17.8 Å². The van der Waals surface area contributed by atoms with E-state index in [4.69, 9.17) is 0 Å². The Morgan fingerprint density at radius 2 is 1.85 bits per heavy atom. The fourth-order valence-electron chi connectivity index (χ4n) is 3.21. The number of rotatable bonds is 1. The Morgan fingerprint density at radius 1 is 1.20 bits per heavy atom. The first-order chi connectivity index (χ1) is 9.63. The van der Waals surface area contributed by atoms with Crippen LogP contribution < -0.4 is 5.32 Å². The van der Waals surface area contributed by atoms with Gasteiger partial charge in [0.15, 0.2) is 0 Å². The Bertz CT molecular complexity index is 495. The minimum atomic E-state index is -0.0487. The Kier molecular flexibility index (Phi) is 4.03. The molecule has 0 saturated carbocycles. The van der Waals surface area contributed by atoms with E-state index >= 15 is 0 Å². The molecule has 1 aromatic carbocycles. The minimum absolute atomic E-state index is 0.0487. The van der Waals surface area contributed by atoms with Crippen molar-refractivity contribution in [2.75, 3.05) is 13.1 Å². The molecule has 2 aliphatic rings. The maximum Gasteiger partial charge on any atom is 0.240 e. The number of hydrogen-bond donors (Lipinski definition) is 1. The summed E-state index contributed by atoms with van der Waals surface area (Å²) in [4.78, 5) is 14.8. The number of nitrogens with zero attached hydrogens (tertiary/aromatic N) is 1. The van der Waals surface area contributed by atoms with E-state index in [9.17, 15) is 4.79 Å². The standard InChI is InChI=1S/C16H22N2OS/c1-11-9-18(10-12(2)20-11)16(19)15-7-13-5-3-4-6-14(13)8-17-15/h3-6,11-12,15,17H,7-10H2,1-2H3/t11?,12?,15-/m0/s1. The van der Waals surface area contributed by atoms with Gasteiger partial charge in [-0.25, -0.2) is 0 Å². The van der Waals surface area contributed by atoms with E-state index in [0.717, 1.165) is 26.1 Å². The molecule has 1 saturated heterocycles. The Morgan fingerprint density at radius 3 is 2.55 bits per heavy atom. The molecule has 0 bridgehead atoms. The van der Waals surface area contributed by atoms with Crippen molar-refractivity contribution >= 4 is 17.7 Å². The van der Waals surface area contributed by atoms with Crippen LogP contribution in [0.5, 0.6) is 0 Å². The van der Waals surface area contributed by atoms with Gasteiger partial charge in [0, 0.05) is 30.1 Å². The lowest BCUT2D eigenvalue weighted by atomic mass is 9.95. The van der Waals surface area contributed by atoms with Gasteiger partial charge < -0.3 is 10.2 Å². The molecule has 1 fully saturated rings. The topological polar surface area (TPSA) is 32.3 Å². The summed E-state index contributed by atoms with van der Waals surface area (Å²) < 4.78 is 0. The van der Waals surface area contributed by atoms with E-state index in [1.54, 1.807) is 0 Å². The first kappa shape index (κ1) is 14.0. The highest BCUT2D eigenvalue weighted by molar-refractivity contribution is 8.00. The van der Waals surface area contributed by atoms with Crippen LogP contribution in [-0.4, -0.2) is 40.4 Å². The first-order valence-electron chi connectivity index (χ1n) is 7.38. The molecule has 0 spiro atoms. The summed E-state index contributed by atoms with van der Waals surface area (Å²) in [7, 11) is 0. The van der Waals surface area contributed by atoms with Gasteiger partial charge in [0.2, 0.25) is 5.91 Å². The van der Waals surface area contributed by atoms with Crippen LogP contribution in [0, 0.1) is 0 Å². The maximum atomic E-state index is 12.7. The largest absolute Gasteiger partial charge is 0.339 e. The summed E-state index contributed by atoms with van der Waals surface area (Å²) in [5.74, 6) is 0.276. The minimum Gasteiger partial charge on any atom is -0.339 e. The molecule has 0 aliphatic carbocycles. The molecule has 3 nitrogen and oxygen atoms in total. The molecule has 2 unspecified atom stereocenters. The van der Waals surface area contributed by atoms with E-state index in [1.165, 1.54) is 11.1 Å². The number of amides is 1. The van der Waals surface area contributed by atoms with E-state index in [0.29, 0.717) is 10.5 Å². The number of fused-ring (bicyclic) bond motifs is 1. The van der Waals surface area contributed by atoms with Crippen molar-refractivity contribution in [2.24, 2.45) is 0 Å². The van der Waals surface area contributed by atoms with E-state index in [-0.39, 0.29) is 11.9 Å². The molecular weight excluding hydrogens is 268 g/mol. The molecular formula is C16H22N2OS. The SMILES string of the molecule is CC1CN(C(=O)[C@@H]2Cc3ccccc3CN2)CC(C)S1. The van der Waals surface area contributed by atoms with Gasteiger partial charge >= 0.3 is 0 Å². The second-order valence-electron chi connectivity index (χ2n) is 5.91. The van der Waals surface area contributed by atoms with Crippen molar-refractivity contribution in [3.63, 3.8) is 0 Å². The van der Waals surface area contributed by atoms with Crippen molar-refractivity contribution in [3.8, 4) is 0 Å². The van der Waals surface area contributed by atoms with Crippen molar-refractivity contribution in [2.45, 2.75) is 43.4 Å². The zero-order valence-corrected chi connectivity index (χ0v) is 13.0. The molecule has 3 rings (SSSR count). The summed E-state index contributed by atoms with van der Waals surface area (Å²) >= 11 is 1.98. The number of nitrogens with one attached hydrogen (secondary N) is 1. The van der Waals surface area contributed by atoms with Gasteiger partial charge in [-0.3, -0.25) is 4.79 Å². The van der Waals surface area contributed by atoms with Gasteiger partial charge in [-0.2, -0.15) is 11.8 Å². The predicted octanol–water partition coefficient (Wildman–Crippen LogP) is 2.05. The third-order valence-corrected chi connectivity index (χ3v) is 5.34. The third-order valence-electron chi connectivity index (χ3n) is 4.11. The number of carbonyl (C=O) groups is 1. The van der Waals surface area contributed by atoms with Gasteiger partial charge in [0.25, 0.3) is 0 Å². The molecule has 4 heteroatoms. The van der Waals surface area contributed by atoms with E-state index < -0.39 is 0 Å². The van der Waals surface area contributed by atoms with Gasteiger partial charge in [-0.05, 0) is 17.5 Å². The Balaban J connectivity index is 1.69. The number of carbonyl (C=O) groups excluding carboxylic acids is 1. The smallest absolute Gasteiger partial charge is 0.240 e. The Hall–Kier alpha value is -1.00. The molecule has 1 N–H and O–H groups in total. The fraction of sp³-hybridized carbons (Fsp3) is 0.562. The molecule has 2 aliphatic heterocycles. The van der Waals surface area contributed by atoms with Gasteiger partial charge in [-0.15, -0.1) is 0 Å². The molecule has 2 heterocycles. The monoisotopic (exact) mass is 290 g/mol. The summed E-state index contributed by atoms with van der Waals surface area (Å²) in [6, 6.07) is 8.37. The number of thioether (sulfide) groups is 1. The highest BCUT2D eigenvalue weighted by Crippen LogP contribution is 2.26. The lowest BCUT2D eigenvalue weighted by Gasteiger charge is -2.37. The van der Waals surface area contributed by atoms with Crippen LogP contribution in [0.25, 0.3) is 0 Å². The lowest BCUT2D eigenvalue weighted by molar-refractivity contribution is -0.133. The van der Waals surface area contributed by atoms with Gasteiger partial charge in [-0.1, -0.05) is 38.1 Å². The quantitative estimate of drug-likeness (QED) is 0.859. The van der Waals surface area contributed by atoms with Crippen LogP contribution in [0.2, 0.25) is 0 Å². The number of hydrogen-bond acceptors (Lipinski definition) is 3. The van der Waals surface area contributed by atoms with E-state index in [1.807, 2.05) is 11.8 Å². The highest BCUT2D eigenvalue weighted by atomic mass is 32.2. The normalized spacial score (nSPS) is 29.9. The average molecular weight is 290 g/mol. The zero-order chi connectivity index (χ0) is 14.1. The van der Waals surface area contributed by atoms with Crippen molar-refractivity contribution in [1.82, 2.24) is 10.2 Å². The second kappa shape index (κ2) is 5.78. The highest BCUT2D eigenvalue weighted by Gasteiger charge is 2.32. The zero-order valence-electron chi connectivity index (χ0n) is 12.1. The van der Waals surface area contributed by atoms with Crippen LogP contribution in [0.4, 0.5) is 0 Å². The second-order valence-corrected chi connectivity index (χ2v) is 7.79. The molecule has 20 heavy (non-hydrogen) atoms. The van der Waals surface area contributed by atoms with Crippen LogP contribution in [0.1, 0.15) is 25.0 Å². The Labute approximate surface area is 125 Å². The summed E-state index contributed by atoms with van der Waals surface area (Å²) in [5, 5.41) is 4.48. The van der Waals surface area contributed by atoms with Gasteiger partial charge in [0.05, 0.1) is 6.04 Å². The third kappa shape index (κ3) is 2.86. The van der Waals surface area contributed by atoms with Crippen LogP contribution in [0.3, 0.4) is 0 Å². The summed E-state index contributed by atoms with van der Waals surface area (Å²) in [6.07, 6.45) is 0.821. The van der Waals surface area contributed by atoms with Crippen LogP contribution in [0.15, 0.2) is 24.3 Å². The molecule has 1 aromatic rings. The first-order valence-corrected chi connectivity index (χ1v) is 8.32. The number of benzene rings is 1. The van der Waals surface area contributed by atoms with Gasteiger partial charge in [0.1, 0.15) is 0 Å². The van der Waals surface area contributed by atoms with E-state index in [2.05, 4.69) is 48.3 Å². The summed E-state index contributed by atoms with van der Waals surface area (Å²) in [5.41, 5.74) is 2.64. The molecule has 3 atom stereocenters. The fourth-order valence-corrected chi connectivity index (χ4v) is 4.53. The van der Waals surface area contributed by atoms with Crippen LogP contribution >= 0.6 is 11.8 Å². The lowest BCUT2D eigenvalue weighted by Crippen LogP contribution is -2.53. The van der Waals surface area contributed by atoms with Crippen molar-refractivity contribution in [1.29, 1.82) is 0 Å². The molecule has 0 aromatic heterocycles. The molecule has 0 radical (unpaired) electrons. The predicted molar refractivity (Wildman–Crippen MR) is 83.9 cm³/mol. The maximum absolute atomic E-state index is 12.7. The average Bonchev–Trinajstić information content (AvgIpc) is 2.45. The van der Waals surface area contributed by atoms with Crippen molar-refractivity contribution in [3.05, 3.63) is 35.4 Å². The summed E-state index contributed by atoms with van der Waals surface area (Å²) in [6.45, 7) is 7.00. The van der Waals surface area contributed by atoms with Crippen molar-refractivity contribution < 1.29 is 4.79 Å². The molecule has 1 amide bonds.